The van der Waals surface area contributed by atoms with Gasteiger partial charge in [-0.3, -0.25) is 0 Å². The number of thioether (sulfide) groups is 1. The first kappa shape index (κ1) is 32.0. The maximum atomic E-state index is 13.2. The molecular formula is C33H41NO6S. The van der Waals surface area contributed by atoms with Crippen LogP contribution in [0, 0.1) is 20.8 Å². The molecule has 3 rings (SSSR count). The first-order valence-electron chi connectivity index (χ1n) is 14.0. The lowest BCUT2D eigenvalue weighted by Gasteiger charge is -2.23. The molecule has 8 heteroatoms. The van der Waals surface area contributed by atoms with Crippen molar-refractivity contribution in [1.29, 1.82) is 0 Å². The van der Waals surface area contributed by atoms with E-state index < -0.39 is 12.1 Å². The van der Waals surface area contributed by atoms with E-state index in [1.807, 2.05) is 87.1 Å². The smallest absolute Gasteiger partial charge is 0.415 e. The van der Waals surface area contributed by atoms with Crippen molar-refractivity contribution in [2.24, 2.45) is 0 Å². The minimum absolute atomic E-state index is 0.281. The van der Waals surface area contributed by atoms with E-state index in [2.05, 4.69) is 12.1 Å². The van der Waals surface area contributed by atoms with Crippen LogP contribution in [0.2, 0.25) is 0 Å². The molecule has 0 bridgehead atoms. The third-order valence-corrected chi connectivity index (χ3v) is 7.81. The van der Waals surface area contributed by atoms with Crippen LogP contribution in [-0.4, -0.2) is 60.2 Å². The van der Waals surface area contributed by atoms with Gasteiger partial charge in [0.1, 0.15) is 18.1 Å². The molecule has 1 atom stereocenters. The van der Waals surface area contributed by atoms with Crippen molar-refractivity contribution in [3.05, 3.63) is 94.5 Å². The van der Waals surface area contributed by atoms with Crippen LogP contribution >= 0.6 is 11.8 Å². The van der Waals surface area contributed by atoms with Gasteiger partial charge >= 0.3 is 12.1 Å². The summed E-state index contributed by atoms with van der Waals surface area (Å²) < 4.78 is 17.1. The number of carbonyl (C=O) groups is 2. The molecule has 3 aromatic rings. The number of benzene rings is 3. The van der Waals surface area contributed by atoms with Crippen molar-refractivity contribution in [2.45, 2.75) is 52.4 Å². The highest BCUT2D eigenvalue weighted by atomic mass is 32.2. The van der Waals surface area contributed by atoms with Gasteiger partial charge in [-0.1, -0.05) is 48.5 Å². The Labute approximate surface area is 247 Å². The number of carbonyl (C=O) groups excluding carboxylic acids is 1. The highest BCUT2D eigenvalue weighted by Crippen LogP contribution is 2.23. The summed E-state index contributed by atoms with van der Waals surface area (Å²) in [7, 11) is 0. The third-order valence-electron chi connectivity index (χ3n) is 6.69. The predicted molar refractivity (Wildman–Crippen MR) is 164 cm³/mol. The summed E-state index contributed by atoms with van der Waals surface area (Å²) in [5.74, 6) is 2.10. The molecular weight excluding hydrogens is 538 g/mol. The van der Waals surface area contributed by atoms with E-state index in [0.717, 1.165) is 40.2 Å². The second-order valence-corrected chi connectivity index (χ2v) is 11.0. The first-order valence-corrected chi connectivity index (χ1v) is 15.1. The van der Waals surface area contributed by atoms with Crippen molar-refractivity contribution in [2.75, 3.05) is 32.1 Å². The predicted octanol–water partition coefficient (Wildman–Crippen LogP) is 6.85. The molecule has 0 aliphatic carbocycles. The Hall–Kier alpha value is -3.49. The Morgan fingerprint density at radius 1 is 0.902 bits per heavy atom. The van der Waals surface area contributed by atoms with E-state index in [1.165, 1.54) is 5.56 Å². The van der Waals surface area contributed by atoms with Gasteiger partial charge in [0.15, 0.2) is 6.10 Å². The molecule has 0 saturated carbocycles. The van der Waals surface area contributed by atoms with Crippen molar-refractivity contribution >= 4 is 23.8 Å². The van der Waals surface area contributed by atoms with Crippen LogP contribution in [0.15, 0.2) is 66.7 Å². The van der Waals surface area contributed by atoms with E-state index in [9.17, 15) is 14.7 Å². The van der Waals surface area contributed by atoms with Crippen LogP contribution in [0.25, 0.3) is 0 Å². The van der Waals surface area contributed by atoms with Gasteiger partial charge in [-0.15, -0.1) is 0 Å². The second-order valence-electron chi connectivity index (χ2n) is 9.93. The Morgan fingerprint density at radius 3 is 2.29 bits per heavy atom. The summed E-state index contributed by atoms with van der Waals surface area (Å²) in [5.41, 5.74) is 5.29. The molecule has 220 valence electrons. The first-order chi connectivity index (χ1) is 19.8. The molecule has 3 aromatic carbocycles. The molecule has 7 nitrogen and oxygen atoms in total. The maximum absolute atomic E-state index is 13.2. The number of hydrogen-bond acceptors (Lipinski definition) is 6. The molecule has 0 fully saturated rings. The van der Waals surface area contributed by atoms with Crippen molar-refractivity contribution < 1.29 is 28.9 Å². The number of nitrogens with zero attached hydrogens (tertiary/aromatic N) is 1. The van der Waals surface area contributed by atoms with Gasteiger partial charge in [-0.25, -0.2) is 9.59 Å². The lowest BCUT2D eigenvalue weighted by atomic mass is 10.1. The van der Waals surface area contributed by atoms with Crippen LogP contribution < -0.4 is 9.47 Å². The molecule has 1 unspecified atom stereocenters. The zero-order valence-corrected chi connectivity index (χ0v) is 25.2. The zero-order valence-electron chi connectivity index (χ0n) is 24.4. The molecule has 0 aliphatic heterocycles. The van der Waals surface area contributed by atoms with Gasteiger partial charge in [0.05, 0.1) is 6.54 Å². The SMILES string of the molecule is CCOC(Cc1ccc(OCCN(CCCSCc2ccccc2)C(=O)Oc2cc(C)c(C)cc2C)cc1)C(=O)O. The summed E-state index contributed by atoms with van der Waals surface area (Å²) >= 11 is 1.85. The quantitative estimate of drug-likeness (QED) is 0.186. The summed E-state index contributed by atoms with van der Waals surface area (Å²) in [6.45, 7) is 9.34. The highest BCUT2D eigenvalue weighted by Gasteiger charge is 2.19. The molecule has 0 heterocycles. The van der Waals surface area contributed by atoms with E-state index in [4.69, 9.17) is 14.2 Å². The van der Waals surface area contributed by atoms with Crippen molar-refractivity contribution in [1.82, 2.24) is 4.90 Å². The molecule has 0 spiro atoms. The Morgan fingerprint density at radius 2 is 1.61 bits per heavy atom. The number of carboxylic acid groups (broad SMARTS) is 1. The normalized spacial score (nSPS) is 11.6. The average Bonchev–Trinajstić information content (AvgIpc) is 2.95. The van der Waals surface area contributed by atoms with Gasteiger partial charge in [-0.2, -0.15) is 11.8 Å². The monoisotopic (exact) mass is 579 g/mol. The number of hydrogen-bond donors (Lipinski definition) is 1. The van der Waals surface area contributed by atoms with Gasteiger partial charge in [-0.05, 0) is 85.9 Å². The van der Waals surface area contributed by atoms with Gasteiger partial charge in [0.25, 0.3) is 0 Å². The minimum atomic E-state index is -0.978. The van der Waals surface area contributed by atoms with E-state index in [-0.39, 0.29) is 12.5 Å². The standard InChI is InChI=1S/C33H41NO6S/c1-5-38-31(32(35)36)22-27-12-14-29(15-13-27)39-18-17-34(16-9-19-41-23-28-10-7-6-8-11-28)33(37)40-30-21-25(3)24(2)20-26(30)4/h6-8,10-15,20-21,31H,5,9,16-19,22-23H2,1-4H3,(H,35,36). The molecule has 0 aromatic heterocycles. The van der Waals surface area contributed by atoms with Gasteiger partial charge in [0, 0.05) is 25.3 Å². The van der Waals surface area contributed by atoms with Crippen LogP contribution in [0.4, 0.5) is 4.79 Å². The topological polar surface area (TPSA) is 85.3 Å². The third kappa shape index (κ3) is 10.8. The Bertz CT molecular complexity index is 1250. The molecule has 0 saturated heterocycles. The van der Waals surface area contributed by atoms with Gasteiger partial charge < -0.3 is 24.2 Å². The second kappa shape index (κ2) is 16.7. The van der Waals surface area contributed by atoms with Crippen molar-refractivity contribution in [3.63, 3.8) is 0 Å². The lowest BCUT2D eigenvalue weighted by Crippen LogP contribution is -2.37. The Kier molecular flexibility index (Phi) is 13.0. The fourth-order valence-electron chi connectivity index (χ4n) is 4.25. The minimum Gasteiger partial charge on any atom is -0.492 e. The zero-order chi connectivity index (χ0) is 29.6. The Balaban J connectivity index is 1.56. The fourth-order valence-corrected chi connectivity index (χ4v) is 5.15. The number of aryl methyl sites for hydroxylation is 3. The largest absolute Gasteiger partial charge is 0.492 e. The van der Waals surface area contributed by atoms with Crippen LogP contribution in [0.3, 0.4) is 0 Å². The summed E-state index contributed by atoms with van der Waals surface area (Å²) in [6, 6.07) is 21.6. The van der Waals surface area contributed by atoms with Crippen LogP contribution in [0.5, 0.6) is 11.5 Å². The number of ether oxygens (including phenoxy) is 3. The average molecular weight is 580 g/mol. The number of rotatable bonds is 16. The molecule has 1 amide bonds. The van der Waals surface area contributed by atoms with Gasteiger partial charge in [0.2, 0.25) is 0 Å². The number of carboxylic acids is 1. The molecule has 41 heavy (non-hydrogen) atoms. The molecule has 0 aliphatic rings. The van der Waals surface area contributed by atoms with Crippen LogP contribution in [0.1, 0.15) is 41.2 Å². The number of amides is 1. The van der Waals surface area contributed by atoms with Crippen molar-refractivity contribution in [3.8, 4) is 11.5 Å². The lowest BCUT2D eigenvalue weighted by molar-refractivity contribution is -0.149. The van der Waals surface area contributed by atoms with E-state index in [0.29, 0.717) is 37.8 Å². The maximum Gasteiger partial charge on any atom is 0.415 e. The van der Waals surface area contributed by atoms with E-state index >= 15 is 0 Å². The molecule has 0 radical (unpaired) electrons. The summed E-state index contributed by atoms with van der Waals surface area (Å²) in [5, 5.41) is 9.32. The fraction of sp³-hybridized carbons (Fsp3) is 0.394. The van der Waals surface area contributed by atoms with E-state index in [1.54, 1.807) is 11.8 Å². The summed E-state index contributed by atoms with van der Waals surface area (Å²) in [4.78, 5) is 26.3. The number of aliphatic carboxylic acids is 1. The van der Waals surface area contributed by atoms with Crippen LogP contribution in [-0.2, 0) is 21.7 Å². The summed E-state index contributed by atoms with van der Waals surface area (Å²) in [6.07, 6.45) is -0.154. The molecule has 1 N–H and O–H groups in total. The highest BCUT2D eigenvalue weighted by molar-refractivity contribution is 7.98.